The molecular weight excluding hydrogens is 248 g/mol. The number of rotatable bonds is 3. The molecule has 0 unspecified atom stereocenters. The van der Waals surface area contributed by atoms with E-state index in [1.54, 1.807) is 4.79 Å². The van der Waals surface area contributed by atoms with Gasteiger partial charge in [-0.15, -0.1) is 0 Å². The van der Waals surface area contributed by atoms with Crippen molar-refractivity contribution < 1.29 is 14.1 Å². The van der Waals surface area contributed by atoms with Gasteiger partial charge in [0.15, 0.2) is 0 Å². The van der Waals surface area contributed by atoms with E-state index >= 15 is 0 Å². The average molecular weight is 269 g/mol. The Bertz CT molecular complexity index is 458. The molecule has 0 aliphatic carbocycles. The number of morpholine rings is 1. The van der Waals surface area contributed by atoms with Crippen molar-refractivity contribution in [3.63, 3.8) is 0 Å². The molecule has 2 saturated heterocycles. The zero-order chi connectivity index (χ0) is 13.1. The van der Waals surface area contributed by atoms with E-state index in [1.807, 2.05) is 0 Å². The van der Waals surface area contributed by atoms with Gasteiger partial charge in [0.2, 0.25) is 0 Å². The lowest BCUT2D eigenvalue weighted by Crippen LogP contribution is -2.64. The Balaban J connectivity index is 1.75. The number of nitrogens with zero attached hydrogens (tertiary/aromatic N) is 3. The van der Waals surface area contributed by atoms with Gasteiger partial charge in [-0.25, -0.2) is 4.79 Å². The molecule has 1 aromatic rings. The molecule has 1 N–H and O–H groups in total. The van der Waals surface area contributed by atoms with Gasteiger partial charge in [-0.1, -0.05) is 0 Å². The van der Waals surface area contributed by atoms with Crippen LogP contribution in [0.25, 0.3) is 0 Å². The molecule has 2 aliphatic heterocycles. The third-order valence-electron chi connectivity index (χ3n) is 3.81. The fourth-order valence-electron chi connectivity index (χ4n) is 2.69. The normalized spacial score (nSPS) is 21.8. The first-order valence-electron chi connectivity index (χ1n) is 7.02. The zero-order valence-corrected chi connectivity index (χ0v) is 11.1. The number of aromatic amines is 1. The maximum absolute atomic E-state index is 11.9. The van der Waals surface area contributed by atoms with E-state index in [1.165, 1.54) is 6.42 Å². The summed E-state index contributed by atoms with van der Waals surface area (Å²) in [4.78, 5) is 15.9. The van der Waals surface area contributed by atoms with Crippen LogP contribution in [0, 0.1) is 0 Å². The topological polar surface area (TPSA) is 65.6 Å². The van der Waals surface area contributed by atoms with E-state index in [9.17, 15) is 4.79 Å². The smallest absolute Gasteiger partial charge is 0.379 e. The van der Waals surface area contributed by atoms with E-state index in [0.29, 0.717) is 12.2 Å². The van der Waals surface area contributed by atoms with E-state index in [-0.39, 0.29) is 5.63 Å². The van der Waals surface area contributed by atoms with Crippen LogP contribution in [-0.4, -0.2) is 49.6 Å². The largest absolute Gasteiger partial charge is 0.434 e. The summed E-state index contributed by atoms with van der Waals surface area (Å²) < 4.78 is 10.3. The fourth-order valence-corrected chi connectivity index (χ4v) is 2.69. The van der Waals surface area contributed by atoms with Crippen molar-refractivity contribution in [3.8, 4) is 0 Å². The summed E-state index contributed by atoms with van der Waals surface area (Å²) >= 11 is 0. The molecule has 3 heterocycles. The molecule has 7 heteroatoms. The van der Waals surface area contributed by atoms with Gasteiger partial charge in [-0.05, 0) is 19.3 Å². The van der Waals surface area contributed by atoms with Crippen molar-refractivity contribution in [2.75, 3.05) is 44.4 Å². The maximum atomic E-state index is 11.9. The Morgan fingerprint density at radius 3 is 2.58 bits per heavy atom. The SMILES string of the molecule is O=c1o[nH][n+](N2CCCCC2)c1CN1CCOCC1. The quantitative estimate of drug-likeness (QED) is 0.729. The maximum Gasteiger partial charge on any atom is 0.434 e. The predicted octanol–water partition coefficient (Wildman–Crippen LogP) is -0.790. The molecule has 7 nitrogen and oxygen atoms in total. The molecule has 3 rings (SSSR count). The second-order valence-corrected chi connectivity index (χ2v) is 5.14. The zero-order valence-electron chi connectivity index (χ0n) is 11.1. The summed E-state index contributed by atoms with van der Waals surface area (Å²) in [7, 11) is 0. The molecule has 19 heavy (non-hydrogen) atoms. The molecule has 1 aromatic heterocycles. The van der Waals surface area contributed by atoms with Crippen LogP contribution in [-0.2, 0) is 11.3 Å². The summed E-state index contributed by atoms with van der Waals surface area (Å²) in [5, 5.41) is 4.89. The summed E-state index contributed by atoms with van der Waals surface area (Å²) in [5.74, 6) is 0. The first-order chi connectivity index (χ1) is 9.34. The number of hydrogen-bond donors (Lipinski definition) is 1. The van der Waals surface area contributed by atoms with Gasteiger partial charge in [0.25, 0.3) is 0 Å². The lowest BCUT2D eigenvalue weighted by atomic mass is 10.2. The van der Waals surface area contributed by atoms with Crippen molar-refractivity contribution in [2.45, 2.75) is 25.8 Å². The van der Waals surface area contributed by atoms with E-state index < -0.39 is 0 Å². The molecule has 0 saturated carbocycles. The second kappa shape index (κ2) is 5.75. The lowest BCUT2D eigenvalue weighted by molar-refractivity contribution is -0.766. The summed E-state index contributed by atoms with van der Waals surface area (Å²) in [5.41, 5.74) is 0.417. The summed E-state index contributed by atoms with van der Waals surface area (Å²) in [6.45, 7) is 5.76. The highest BCUT2D eigenvalue weighted by Crippen LogP contribution is 2.05. The number of ether oxygens (including phenoxy) is 1. The Morgan fingerprint density at radius 1 is 1.11 bits per heavy atom. The average Bonchev–Trinajstić information content (AvgIpc) is 2.82. The molecular formula is C12H21N4O3+. The minimum Gasteiger partial charge on any atom is -0.379 e. The van der Waals surface area contributed by atoms with Crippen LogP contribution >= 0.6 is 0 Å². The Labute approximate surface area is 111 Å². The van der Waals surface area contributed by atoms with Crippen molar-refractivity contribution in [1.29, 1.82) is 0 Å². The molecule has 0 bridgehead atoms. The minimum atomic E-state index is -0.267. The van der Waals surface area contributed by atoms with Gasteiger partial charge in [0, 0.05) is 23.2 Å². The number of H-pyrrole nitrogens is 1. The summed E-state index contributed by atoms with van der Waals surface area (Å²) in [6, 6.07) is 0. The van der Waals surface area contributed by atoms with Crippen LogP contribution in [0.5, 0.6) is 0 Å². The third kappa shape index (κ3) is 2.82. The van der Waals surface area contributed by atoms with Gasteiger partial charge < -0.3 is 4.74 Å². The van der Waals surface area contributed by atoms with Crippen molar-refractivity contribution in [1.82, 2.24) is 10.2 Å². The highest BCUT2D eigenvalue weighted by molar-refractivity contribution is 4.87. The molecule has 106 valence electrons. The minimum absolute atomic E-state index is 0.267. The standard InChI is InChI=1S/C12H20N4O3/c17-12-11(10-14-6-8-18-9-7-14)16(13-19-12)15-4-2-1-3-5-15/h1-10H2/p+1. The molecule has 0 spiro atoms. The molecule has 0 aromatic carbocycles. The van der Waals surface area contributed by atoms with Crippen LogP contribution < -0.4 is 15.4 Å². The third-order valence-corrected chi connectivity index (χ3v) is 3.81. The van der Waals surface area contributed by atoms with Gasteiger partial charge in [-0.2, -0.15) is 5.01 Å². The molecule has 2 aliphatic rings. The summed E-state index contributed by atoms with van der Waals surface area (Å²) in [6.07, 6.45) is 3.59. The fraction of sp³-hybridized carbons (Fsp3) is 0.833. The molecule has 2 fully saturated rings. The highest BCUT2D eigenvalue weighted by Gasteiger charge is 2.30. The first kappa shape index (κ1) is 12.7. The van der Waals surface area contributed by atoms with Gasteiger partial charge >= 0.3 is 11.3 Å². The monoisotopic (exact) mass is 269 g/mol. The van der Waals surface area contributed by atoms with Crippen molar-refractivity contribution in [2.24, 2.45) is 0 Å². The van der Waals surface area contributed by atoms with Crippen LogP contribution in [0.15, 0.2) is 9.32 Å². The lowest BCUT2D eigenvalue weighted by Gasteiger charge is -2.25. The van der Waals surface area contributed by atoms with Crippen LogP contribution in [0.3, 0.4) is 0 Å². The number of hydrogen-bond acceptors (Lipinski definition) is 5. The molecule has 0 atom stereocenters. The van der Waals surface area contributed by atoms with E-state index in [2.05, 4.69) is 15.2 Å². The van der Waals surface area contributed by atoms with Crippen molar-refractivity contribution in [3.05, 3.63) is 16.1 Å². The predicted molar refractivity (Wildman–Crippen MR) is 67.4 cm³/mol. The van der Waals surface area contributed by atoms with Crippen LogP contribution in [0.2, 0.25) is 0 Å². The first-order valence-corrected chi connectivity index (χ1v) is 7.02. The number of aromatic nitrogens is 2. The van der Waals surface area contributed by atoms with Crippen molar-refractivity contribution >= 4 is 0 Å². The molecule has 0 radical (unpaired) electrons. The van der Waals surface area contributed by atoms with Gasteiger partial charge in [0.1, 0.15) is 0 Å². The molecule has 0 amide bonds. The van der Waals surface area contributed by atoms with Gasteiger partial charge in [0.05, 0.1) is 32.8 Å². The van der Waals surface area contributed by atoms with E-state index in [4.69, 9.17) is 9.26 Å². The second-order valence-electron chi connectivity index (χ2n) is 5.14. The van der Waals surface area contributed by atoms with Crippen LogP contribution in [0.1, 0.15) is 25.0 Å². The highest BCUT2D eigenvalue weighted by atomic mass is 16.5. The number of piperidine rings is 1. The number of nitrogens with one attached hydrogen (secondary N) is 1. The Hall–Kier alpha value is -1.34. The van der Waals surface area contributed by atoms with E-state index in [0.717, 1.165) is 52.2 Å². The van der Waals surface area contributed by atoms with Gasteiger partial charge in [-0.3, -0.25) is 9.42 Å². The van der Waals surface area contributed by atoms with Crippen LogP contribution in [0.4, 0.5) is 0 Å². The Kier molecular flexibility index (Phi) is 3.84. The Morgan fingerprint density at radius 2 is 1.84 bits per heavy atom.